The van der Waals surface area contributed by atoms with E-state index in [2.05, 4.69) is 6.92 Å². The molecule has 0 aliphatic rings. The second-order valence-electron chi connectivity index (χ2n) is 3.84. The van der Waals surface area contributed by atoms with Gasteiger partial charge in [0, 0.05) is 0 Å². The summed E-state index contributed by atoms with van der Waals surface area (Å²) in [5.74, 6) is 0. The standard InChI is InChI=1S/C10H22O2/c1-4-5-6-7-8-10(3,12)9(2)11/h9,11-12H,4-8H2,1-3H3/t9-,10+/m1/s1. The molecule has 2 heteroatoms. The number of rotatable bonds is 6. The Morgan fingerprint density at radius 3 is 2.25 bits per heavy atom. The maximum Gasteiger partial charge on any atom is 0.0874 e. The van der Waals surface area contributed by atoms with Crippen LogP contribution in [0.5, 0.6) is 0 Å². The lowest BCUT2D eigenvalue weighted by atomic mass is 9.93. The Morgan fingerprint density at radius 2 is 1.83 bits per heavy atom. The van der Waals surface area contributed by atoms with E-state index in [-0.39, 0.29) is 0 Å². The normalized spacial score (nSPS) is 18.8. The molecule has 0 saturated heterocycles. The Morgan fingerprint density at radius 1 is 1.25 bits per heavy atom. The number of hydrogen-bond acceptors (Lipinski definition) is 2. The molecule has 0 spiro atoms. The molecule has 0 aromatic heterocycles. The molecule has 0 aromatic rings. The molecule has 2 N–H and O–H groups in total. The first-order valence-electron chi connectivity index (χ1n) is 4.91. The second kappa shape index (κ2) is 5.55. The predicted octanol–water partition coefficient (Wildman–Crippen LogP) is 2.09. The van der Waals surface area contributed by atoms with Crippen molar-refractivity contribution >= 4 is 0 Å². The summed E-state index contributed by atoms with van der Waals surface area (Å²) in [5, 5.41) is 18.8. The van der Waals surface area contributed by atoms with Gasteiger partial charge < -0.3 is 10.2 Å². The van der Waals surface area contributed by atoms with Crippen molar-refractivity contribution in [3.8, 4) is 0 Å². The van der Waals surface area contributed by atoms with Crippen molar-refractivity contribution in [2.75, 3.05) is 0 Å². The van der Waals surface area contributed by atoms with Gasteiger partial charge in [-0.25, -0.2) is 0 Å². The smallest absolute Gasteiger partial charge is 0.0874 e. The van der Waals surface area contributed by atoms with Gasteiger partial charge in [-0.1, -0.05) is 32.6 Å². The first-order chi connectivity index (χ1) is 5.50. The lowest BCUT2D eigenvalue weighted by molar-refractivity contribution is -0.0588. The molecule has 0 unspecified atom stereocenters. The number of unbranched alkanes of at least 4 members (excludes halogenated alkanes) is 3. The predicted molar refractivity (Wildman–Crippen MR) is 51.1 cm³/mol. The van der Waals surface area contributed by atoms with Gasteiger partial charge in [0.2, 0.25) is 0 Å². The molecular weight excluding hydrogens is 152 g/mol. The molecule has 0 saturated carbocycles. The fourth-order valence-corrected chi connectivity index (χ4v) is 1.12. The lowest BCUT2D eigenvalue weighted by Crippen LogP contribution is -2.36. The van der Waals surface area contributed by atoms with Crippen LogP contribution in [0, 0.1) is 0 Å². The van der Waals surface area contributed by atoms with Crippen molar-refractivity contribution in [3.63, 3.8) is 0 Å². The van der Waals surface area contributed by atoms with E-state index in [1.54, 1.807) is 13.8 Å². The summed E-state index contributed by atoms with van der Waals surface area (Å²) in [6.45, 7) is 5.50. The first kappa shape index (κ1) is 11.9. The molecule has 0 aromatic carbocycles. The molecule has 0 heterocycles. The second-order valence-corrected chi connectivity index (χ2v) is 3.84. The van der Waals surface area contributed by atoms with Gasteiger partial charge in [-0.2, -0.15) is 0 Å². The van der Waals surface area contributed by atoms with Crippen LogP contribution >= 0.6 is 0 Å². The summed E-state index contributed by atoms with van der Waals surface area (Å²) >= 11 is 0. The van der Waals surface area contributed by atoms with Gasteiger partial charge in [0.05, 0.1) is 11.7 Å². The molecular formula is C10H22O2. The van der Waals surface area contributed by atoms with Gasteiger partial charge in [-0.3, -0.25) is 0 Å². The van der Waals surface area contributed by atoms with Gasteiger partial charge in [-0.05, 0) is 20.3 Å². The van der Waals surface area contributed by atoms with Gasteiger partial charge in [0.1, 0.15) is 0 Å². The molecule has 0 aliphatic heterocycles. The average Bonchev–Trinajstić information content (AvgIpc) is 1.98. The molecule has 0 bridgehead atoms. The highest BCUT2D eigenvalue weighted by molar-refractivity contribution is 4.77. The monoisotopic (exact) mass is 174 g/mol. The molecule has 0 amide bonds. The van der Waals surface area contributed by atoms with Crippen LogP contribution in [0.3, 0.4) is 0 Å². The van der Waals surface area contributed by atoms with Crippen molar-refractivity contribution in [2.24, 2.45) is 0 Å². The minimum absolute atomic E-state index is 0.626. The molecule has 0 fully saturated rings. The Bertz CT molecular complexity index is 108. The SMILES string of the molecule is CCCCCC[C@](C)(O)[C@@H](C)O. The Kier molecular flexibility index (Phi) is 5.51. The fourth-order valence-electron chi connectivity index (χ4n) is 1.12. The summed E-state index contributed by atoms with van der Waals surface area (Å²) in [6.07, 6.45) is 4.65. The third-order valence-corrected chi connectivity index (χ3v) is 2.44. The van der Waals surface area contributed by atoms with Crippen LogP contribution in [-0.2, 0) is 0 Å². The highest BCUT2D eigenvalue weighted by atomic mass is 16.3. The van der Waals surface area contributed by atoms with Gasteiger partial charge >= 0.3 is 0 Å². The number of aliphatic hydroxyl groups is 2. The quantitative estimate of drug-likeness (QED) is 0.605. The van der Waals surface area contributed by atoms with Crippen LogP contribution in [-0.4, -0.2) is 21.9 Å². The van der Waals surface area contributed by atoms with Crippen LogP contribution in [0.4, 0.5) is 0 Å². The summed E-state index contributed by atoms with van der Waals surface area (Å²) in [5.41, 5.74) is -0.895. The van der Waals surface area contributed by atoms with Gasteiger partial charge in [0.25, 0.3) is 0 Å². The van der Waals surface area contributed by atoms with Crippen molar-refractivity contribution in [2.45, 2.75) is 64.6 Å². The van der Waals surface area contributed by atoms with E-state index in [0.717, 1.165) is 12.8 Å². The fraction of sp³-hybridized carbons (Fsp3) is 1.00. The highest BCUT2D eigenvalue weighted by Crippen LogP contribution is 2.18. The molecule has 12 heavy (non-hydrogen) atoms. The zero-order valence-corrected chi connectivity index (χ0v) is 8.51. The molecule has 2 atom stereocenters. The average molecular weight is 174 g/mol. The van der Waals surface area contributed by atoms with Crippen LogP contribution in [0.1, 0.15) is 52.9 Å². The topological polar surface area (TPSA) is 40.5 Å². The minimum Gasteiger partial charge on any atom is -0.390 e. The highest BCUT2D eigenvalue weighted by Gasteiger charge is 2.25. The first-order valence-corrected chi connectivity index (χ1v) is 4.91. The Hall–Kier alpha value is -0.0800. The largest absolute Gasteiger partial charge is 0.390 e. The van der Waals surface area contributed by atoms with E-state index >= 15 is 0 Å². The molecule has 0 radical (unpaired) electrons. The van der Waals surface area contributed by atoms with Crippen LogP contribution in [0.2, 0.25) is 0 Å². The van der Waals surface area contributed by atoms with Gasteiger partial charge in [-0.15, -0.1) is 0 Å². The van der Waals surface area contributed by atoms with E-state index < -0.39 is 11.7 Å². The van der Waals surface area contributed by atoms with Crippen LogP contribution in [0.25, 0.3) is 0 Å². The molecule has 74 valence electrons. The van der Waals surface area contributed by atoms with E-state index in [4.69, 9.17) is 0 Å². The molecule has 0 rings (SSSR count). The lowest BCUT2D eigenvalue weighted by Gasteiger charge is -2.26. The molecule has 2 nitrogen and oxygen atoms in total. The number of aliphatic hydroxyl groups excluding tert-OH is 1. The Labute approximate surface area is 75.6 Å². The zero-order chi connectivity index (χ0) is 9.61. The van der Waals surface area contributed by atoms with E-state index in [0.29, 0.717) is 6.42 Å². The zero-order valence-electron chi connectivity index (χ0n) is 8.51. The van der Waals surface area contributed by atoms with Crippen LogP contribution in [0.15, 0.2) is 0 Å². The van der Waals surface area contributed by atoms with Crippen molar-refractivity contribution in [1.29, 1.82) is 0 Å². The third kappa shape index (κ3) is 4.73. The van der Waals surface area contributed by atoms with E-state index in [1.165, 1.54) is 12.8 Å². The number of hydrogen-bond donors (Lipinski definition) is 2. The summed E-state index contributed by atoms with van der Waals surface area (Å²) in [7, 11) is 0. The third-order valence-electron chi connectivity index (χ3n) is 2.44. The maximum atomic E-state index is 9.64. The van der Waals surface area contributed by atoms with Crippen LogP contribution < -0.4 is 0 Å². The van der Waals surface area contributed by atoms with Crippen molar-refractivity contribution < 1.29 is 10.2 Å². The summed E-state index contributed by atoms with van der Waals surface area (Å²) in [4.78, 5) is 0. The summed E-state index contributed by atoms with van der Waals surface area (Å²) in [6, 6.07) is 0. The molecule has 0 aliphatic carbocycles. The van der Waals surface area contributed by atoms with E-state index in [9.17, 15) is 10.2 Å². The van der Waals surface area contributed by atoms with Crippen molar-refractivity contribution in [3.05, 3.63) is 0 Å². The van der Waals surface area contributed by atoms with Crippen molar-refractivity contribution in [1.82, 2.24) is 0 Å². The maximum absolute atomic E-state index is 9.64. The van der Waals surface area contributed by atoms with E-state index in [1.807, 2.05) is 0 Å². The minimum atomic E-state index is -0.895. The Balaban J connectivity index is 3.47. The van der Waals surface area contributed by atoms with Gasteiger partial charge in [0.15, 0.2) is 0 Å². The summed E-state index contributed by atoms with van der Waals surface area (Å²) < 4.78 is 0.